The summed E-state index contributed by atoms with van der Waals surface area (Å²) in [7, 11) is 0. The second kappa shape index (κ2) is 5.70. The molecule has 2 aromatic rings. The van der Waals surface area contributed by atoms with E-state index in [0.717, 1.165) is 11.1 Å². The zero-order valence-electron chi connectivity index (χ0n) is 11.2. The van der Waals surface area contributed by atoms with Crippen molar-refractivity contribution >= 4 is 5.69 Å². The second-order valence-corrected chi connectivity index (χ2v) is 4.72. The zero-order valence-corrected chi connectivity index (χ0v) is 11.2. The predicted molar refractivity (Wildman–Crippen MR) is 74.3 cm³/mol. The molecule has 0 saturated carbocycles. The number of nitrogens with zero attached hydrogens (tertiary/aromatic N) is 1. The van der Waals surface area contributed by atoms with Gasteiger partial charge in [0.15, 0.2) is 0 Å². The summed E-state index contributed by atoms with van der Waals surface area (Å²) < 4.78 is 26.7. The van der Waals surface area contributed by atoms with Crippen molar-refractivity contribution < 1.29 is 8.78 Å². The molecule has 0 aliphatic carbocycles. The van der Waals surface area contributed by atoms with Crippen LogP contribution in [0, 0.1) is 36.8 Å². The molecule has 0 amide bonds. The summed E-state index contributed by atoms with van der Waals surface area (Å²) in [6.07, 6.45) is 0. The SMILES string of the molecule is Cc1cc(F)cc(NC(C#N)c2cc(F)ccc2C)c1. The molecule has 2 aromatic carbocycles. The van der Waals surface area contributed by atoms with E-state index in [0.29, 0.717) is 11.3 Å². The Bertz CT molecular complexity index is 654. The summed E-state index contributed by atoms with van der Waals surface area (Å²) in [4.78, 5) is 0. The molecule has 0 spiro atoms. The molecule has 102 valence electrons. The molecule has 0 radical (unpaired) electrons. The average Bonchev–Trinajstić information content (AvgIpc) is 2.38. The summed E-state index contributed by atoms with van der Waals surface area (Å²) in [6.45, 7) is 3.57. The van der Waals surface area contributed by atoms with E-state index in [4.69, 9.17) is 0 Å². The van der Waals surface area contributed by atoms with Gasteiger partial charge in [-0.2, -0.15) is 5.26 Å². The first kappa shape index (κ1) is 14.0. The first-order chi connectivity index (χ1) is 9.49. The van der Waals surface area contributed by atoms with Crippen LogP contribution in [0.1, 0.15) is 22.7 Å². The topological polar surface area (TPSA) is 35.8 Å². The summed E-state index contributed by atoms with van der Waals surface area (Å²) in [5.74, 6) is -0.775. The van der Waals surface area contributed by atoms with Crippen molar-refractivity contribution in [3.8, 4) is 6.07 Å². The van der Waals surface area contributed by atoms with Crippen LogP contribution in [-0.2, 0) is 0 Å². The van der Waals surface area contributed by atoms with Gasteiger partial charge in [-0.05, 0) is 60.9 Å². The lowest BCUT2D eigenvalue weighted by molar-refractivity contribution is 0.623. The third-order valence-corrected chi connectivity index (χ3v) is 3.03. The molecule has 4 heteroatoms. The lowest BCUT2D eigenvalue weighted by Gasteiger charge is -2.16. The van der Waals surface area contributed by atoms with Gasteiger partial charge < -0.3 is 5.32 Å². The van der Waals surface area contributed by atoms with Crippen LogP contribution < -0.4 is 5.32 Å². The minimum absolute atomic E-state index is 0.375. The van der Waals surface area contributed by atoms with Gasteiger partial charge in [0.05, 0.1) is 6.07 Å². The van der Waals surface area contributed by atoms with Crippen LogP contribution in [0.2, 0.25) is 0 Å². The quantitative estimate of drug-likeness (QED) is 0.906. The van der Waals surface area contributed by atoms with E-state index in [9.17, 15) is 14.0 Å². The fourth-order valence-electron chi connectivity index (χ4n) is 2.09. The molecule has 0 aliphatic rings. The molecule has 2 nitrogen and oxygen atoms in total. The molecule has 0 saturated heterocycles. The molecular weight excluding hydrogens is 258 g/mol. The highest BCUT2D eigenvalue weighted by atomic mass is 19.1. The van der Waals surface area contributed by atoms with Crippen LogP contribution in [0.25, 0.3) is 0 Å². The molecule has 1 N–H and O–H groups in total. The van der Waals surface area contributed by atoms with Crippen LogP contribution >= 0.6 is 0 Å². The number of anilines is 1. The van der Waals surface area contributed by atoms with Gasteiger partial charge >= 0.3 is 0 Å². The number of benzene rings is 2. The van der Waals surface area contributed by atoms with E-state index >= 15 is 0 Å². The van der Waals surface area contributed by atoms with E-state index in [2.05, 4.69) is 11.4 Å². The Labute approximate surface area is 116 Å². The second-order valence-electron chi connectivity index (χ2n) is 4.72. The lowest BCUT2D eigenvalue weighted by atomic mass is 10.0. The van der Waals surface area contributed by atoms with Gasteiger partial charge in [0.2, 0.25) is 0 Å². The molecule has 0 bridgehead atoms. The smallest absolute Gasteiger partial charge is 0.140 e. The molecule has 1 atom stereocenters. The highest BCUT2D eigenvalue weighted by molar-refractivity contribution is 5.50. The zero-order chi connectivity index (χ0) is 14.7. The maximum Gasteiger partial charge on any atom is 0.140 e. The van der Waals surface area contributed by atoms with Crippen molar-refractivity contribution in [2.24, 2.45) is 0 Å². The molecule has 0 aromatic heterocycles. The average molecular weight is 272 g/mol. The van der Waals surface area contributed by atoms with Crippen molar-refractivity contribution in [2.75, 3.05) is 5.32 Å². The van der Waals surface area contributed by atoms with Crippen LogP contribution in [0.3, 0.4) is 0 Å². The Balaban J connectivity index is 2.34. The molecule has 0 heterocycles. The Kier molecular flexibility index (Phi) is 3.99. The van der Waals surface area contributed by atoms with Gasteiger partial charge in [-0.15, -0.1) is 0 Å². The minimum atomic E-state index is -0.730. The largest absolute Gasteiger partial charge is 0.366 e. The highest BCUT2D eigenvalue weighted by Crippen LogP contribution is 2.24. The van der Waals surface area contributed by atoms with Crippen molar-refractivity contribution in [3.63, 3.8) is 0 Å². The van der Waals surface area contributed by atoms with Crippen molar-refractivity contribution in [2.45, 2.75) is 19.9 Å². The molecule has 0 aliphatic heterocycles. The number of aryl methyl sites for hydroxylation is 2. The van der Waals surface area contributed by atoms with Crippen molar-refractivity contribution in [1.29, 1.82) is 5.26 Å². The van der Waals surface area contributed by atoms with Gasteiger partial charge in [-0.1, -0.05) is 6.07 Å². The Morgan fingerprint density at radius 1 is 1.05 bits per heavy atom. The lowest BCUT2D eigenvalue weighted by Crippen LogP contribution is -2.10. The van der Waals surface area contributed by atoms with E-state index < -0.39 is 11.9 Å². The standard InChI is InChI=1S/C16H14F2N2/c1-10-5-13(18)7-14(6-10)20-16(9-19)15-8-12(17)4-3-11(15)2/h3-8,16,20H,1-2H3. The van der Waals surface area contributed by atoms with E-state index in [-0.39, 0.29) is 5.82 Å². The van der Waals surface area contributed by atoms with E-state index in [1.165, 1.54) is 24.3 Å². The fourth-order valence-corrected chi connectivity index (χ4v) is 2.09. The number of hydrogen-bond acceptors (Lipinski definition) is 2. The summed E-state index contributed by atoms with van der Waals surface area (Å²) in [6, 6.07) is 10.1. The van der Waals surface area contributed by atoms with Crippen molar-refractivity contribution in [1.82, 2.24) is 0 Å². The highest BCUT2D eigenvalue weighted by Gasteiger charge is 2.14. The fraction of sp³-hybridized carbons (Fsp3) is 0.188. The monoisotopic (exact) mass is 272 g/mol. The van der Waals surface area contributed by atoms with Crippen LogP contribution in [0.5, 0.6) is 0 Å². The number of rotatable bonds is 3. The maximum absolute atomic E-state index is 13.3. The normalized spacial score (nSPS) is 11.8. The van der Waals surface area contributed by atoms with Crippen LogP contribution in [-0.4, -0.2) is 0 Å². The molecule has 0 fully saturated rings. The summed E-state index contributed by atoms with van der Waals surface area (Å²) >= 11 is 0. The maximum atomic E-state index is 13.3. The van der Waals surface area contributed by atoms with E-state index in [1.807, 2.05) is 0 Å². The van der Waals surface area contributed by atoms with Crippen molar-refractivity contribution in [3.05, 3.63) is 64.7 Å². The number of halogens is 2. The van der Waals surface area contributed by atoms with Gasteiger partial charge in [0.25, 0.3) is 0 Å². The van der Waals surface area contributed by atoms with Gasteiger partial charge in [0, 0.05) is 5.69 Å². The number of hydrogen-bond donors (Lipinski definition) is 1. The number of nitriles is 1. The Hall–Kier alpha value is -2.41. The molecule has 1 unspecified atom stereocenters. The predicted octanol–water partition coefficient (Wildman–Crippen LogP) is 4.26. The molecular formula is C16H14F2N2. The first-order valence-electron chi connectivity index (χ1n) is 6.19. The molecule has 20 heavy (non-hydrogen) atoms. The third kappa shape index (κ3) is 3.12. The summed E-state index contributed by atoms with van der Waals surface area (Å²) in [5.41, 5.74) is 2.60. The van der Waals surface area contributed by atoms with Crippen LogP contribution in [0.15, 0.2) is 36.4 Å². The third-order valence-electron chi connectivity index (χ3n) is 3.03. The van der Waals surface area contributed by atoms with Crippen LogP contribution in [0.4, 0.5) is 14.5 Å². The number of nitrogens with one attached hydrogen (secondary N) is 1. The van der Waals surface area contributed by atoms with E-state index in [1.54, 1.807) is 26.0 Å². The Morgan fingerprint density at radius 2 is 1.80 bits per heavy atom. The van der Waals surface area contributed by atoms with Gasteiger partial charge in [-0.25, -0.2) is 8.78 Å². The van der Waals surface area contributed by atoms with Gasteiger partial charge in [0.1, 0.15) is 17.7 Å². The Morgan fingerprint density at radius 3 is 2.45 bits per heavy atom. The summed E-state index contributed by atoms with van der Waals surface area (Å²) in [5, 5.41) is 12.2. The first-order valence-corrected chi connectivity index (χ1v) is 6.19. The minimum Gasteiger partial charge on any atom is -0.366 e. The molecule has 2 rings (SSSR count). The van der Waals surface area contributed by atoms with Gasteiger partial charge in [-0.3, -0.25) is 0 Å².